The van der Waals surface area contributed by atoms with E-state index in [0.29, 0.717) is 12.6 Å². The maximum atomic E-state index is 5.98. The van der Waals surface area contributed by atoms with E-state index in [1.807, 2.05) is 30.3 Å². The van der Waals surface area contributed by atoms with Crippen LogP contribution in [0.4, 0.5) is 0 Å². The largest absolute Gasteiger partial charge is 0.385 e. The van der Waals surface area contributed by atoms with Gasteiger partial charge in [0.2, 0.25) is 0 Å². The molecule has 0 unspecified atom stereocenters. The summed E-state index contributed by atoms with van der Waals surface area (Å²) in [7, 11) is 3.71. The second kappa shape index (κ2) is 15.2. The molecule has 0 saturated carbocycles. The molecule has 2 heterocycles. The first-order valence-corrected chi connectivity index (χ1v) is 11.5. The zero-order valence-corrected chi connectivity index (χ0v) is 21.4. The average Bonchev–Trinajstić information content (AvgIpc) is 3.03. The molecule has 2 rings (SSSR count). The summed E-state index contributed by atoms with van der Waals surface area (Å²) in [6, 6.07) is 0. The number of thioether (sulfide) groups is 1. The van der Waals surface area contributed by atoms with E-state index < -0.39 is 0 Å². The molecule has 0 radical (unpaired) electrons. The van der Waals surface area contributed by atoms with Gasteiger partial charge in [0.25, 0.3) is 0 Å². The minimum Gasteiger partial charge on any atom is -0.385 e. The summed E-state index contributed by atoms with van der Waals surface area (Å²) < 4.78 is 13.1. The van der Waals surface area contributed by atoms with Crippen molar-refractivity contribution in [2.24, 2.45) is 12.0 Å². The number of rotatable bonds is 11. The van der Waals surface area contributed by atoms with Crippen LogP contribution in [0.5, 0.6) is 0 Å². The fourth-order valence-electron chi connectivity index (χ4n) is 3.11. The molecule has 10 heteroatoms. The molecule has 1 N–H and O–H groups in total. The lowest BCUT2D eigenvalue weighted by molar-refractivity contribution is 0.00988. The Balaban J connectivity index is 0.00000420. The van der Waals surface area contributed by atoms with Crippen LogP contribution in [-0.2, 0) is 23.1 Å². The van der Waals surface area contributed by atoms with Crippen LogP contribution in [0.15, 0.2) is 4.99 Å². The predicted octanol–water partition coefficient (Wildman–Crippen LogP) is 2.46. The van der Waals surface area contributed by atoms with E-state index in [9.17, 15) is 0 Å². The fraction of sp³-hybridized carbons (Fsp3) is 0.842. The molecule has 1 aromatic heterocycles. The molecule has 0 aromatic carbocycles. The van der Waals surface area contributed by atoms with Gasteiger partial charge in [0.1, 0.15) is 12.4 Å². The summed E-state index contributed by atoms with van der Waals surface area (Å²) in [6.45, 7) is 6.89. The maximum absolute atomic E-state index is 5.98. The van der Waals surface area contributed by atoms with E-state index in [1.54, 1.807) is 7.11 Å². The predicted molar refractivity (Wildman–Crippen MR) is 130 cm³/mol. The van der Waals surface area contributed by atoms with Crippen LogP contribution in [-0.4, -0.2) is 83.7 Å². The molecule has 168 valence electrons. The number of hydrogen-bond donors (Lipinski definition) is 1. The lowest BCUT2D eigenvalue weighted by Crippen LogP contribution is -2.47. The third-order valence-electron chi connectivity index (χ3n) is 4.95. The van der Waals surface area contributed by atoms with Crippen LogP contribution in [0.3, 0.4) is 0 Å². The van der Waals surface area contributed by atoms with Crippen molar-refractivity contribution in [3.05, 3.63) is 11.6 Å². The van der Waals surface area contributed by atoms with E-state index in [-0.39, 0.29) is 24.0 Å². The Labute approximate surface area is 196 Å². The molecular formula is C19H37IN6O2S. The lowest BCUT2D eigenvalue weighted by Gasteiger charge is -2.34. The van der Waals surface area contributed by atoms with Crippen molar-refractivity contribution in [3.8, 4) is 0 Å². The van der Waals surface area contributed by atoms with Crippen molar-refractivity contribution in [2.45, 2.75) is 45.3 Å². The van der Waals surface area contributed by atoms with Crippen LogP contribution in [0.1, 0.15) is 37.3 Å². The fourth-order valence-corrected chi connectivity index (χ4v) is 3.54. The number of likely N-dealkylation sites (tertiary alicyclic amines) is 1. The first-order valence-electron chi connectivity index (χ1n) is 10.1. The van der Waals surface area contributed by atoms with Crippen LogP contribution < -0.4 is 5.32 Å². The molecule has 1 aliphatic rings. The van der Waals surface area contributed by atoms with Gasteiger partial charge in [-0.15, -0.1) is 34.2 Å². The van der Waals surface area contributed by atoms with Gasteiger partial charge in [0, 0.05) is 47.0 Å². The quantitative estimate of drug-likeness (QED) is 0.200. The number of halogens is 1. The lowest BCUT2D eigenvalue weighted by atomic mass is 10.1. The van der Waals surface area contributed by atoms with Gasteiger partial charge in [-0.05, 0) is 44.6 Å². The Morgan fingerprint density at radius 2 is 2.00 bits per heavy atom. The summed E-state index contributed by atoms with van der Waals surface area (Å²) >= 11 is 1.87. The van der Waals surface area contributed by atoms with Gasteiger partial charge in [0.15, 0.2) is 11.8 Å². The van der Waals surface area contributed by atoms with Crippen molar-refractivity contribution in [3.63, 3.8) is 0 Å². The minimum atomic E-state index is 0. The maximum Gasteiger partial charge on any atom is 0.194 e. The molecule has 1 fully saturated rings. The van der Waals surface area contributed by atoms with Crippen LogP contribution >= 0.6 is 35.7 Å². The van der Waals surface area contributed by atoms with Crippen molar-refractivity contribution < 1.29 is 9.47 Å². The number of hydrogen-bond acceptors (Lipinski definition) is 6. The number of piperidine rings is 1. The second-order valence-corrected chi connectivity index (χ2v) is 8.02. The van der Waals surface area contributed by atoms with Gasteiger partial charge in [-0.1, -0.05) is 0 Å². The zero-order chi connectivity index (χ0) is 20.2. The number of aryl methyl sites for hydroxylation is 1. The summed E-state index contributed by atoms with van der Waals surface area (Å²) in [5.74, 6) is 3.92. The zero-order valence-electron chi connectivity index (χ0n) is 18.2. The number of methoxy groups -OCH3 is 1. The first-order chi connectivity index (χ1) is 13.7. The molecule has 0 atom stereocenters. The van der Waals surface area contributed by atoms with E-state index in [2.05, 4.69) is 26.7 Å². The molecule has 0 amide bonds. The topological polar surface area (TPSA) is 76.8 Å². The summed E-state index contributed by atoms with van der Waals surface area (Å²) in [6.07, 6.45) is 6.62. The van der Waals surface area contributed by atoms with Gasteiger partial charge >= 0.3 is 0 Å². The molecule has 0 spiro atoms. The van der Waals surface area contributed by atoms with Crippen molar-refractivity contribution >= 4 is 41.7 Å². The van der Waals surface area contributed by atoms with Crippen LogP contribution in [0, 0.1) is 6.92 Å². The summed E-state index contributed by atoms with van der Waals surface area (Å²) in [5.41, 5.74) is 0. The monoisotopic (exact) mass is 540 g/mol. The Bertz CT molecular complexity index is 593. The van der Waals surface area contributed by atoms with E-state index in [4.69, 9.17) is 14.5 Å². The number of nitrogens with zero attached hydrogens (tertiary/aromatic N) is 5. The summed E-state index contributed by atoms with van der Waals surface area (Å²) in [4.78, 5) is 7.19. The summed E-state index contributed by atoms with van der Waals surface area (Å²) in [5, 5.41) is 11.9. The number of aromatic nitrogens is 3. The Morgan fingerprint density at radius 1 is 1.24 bits per heavy atom. The standard InChI is InChI=1S/C19H36N6O2S.HI/c1-16-22-23-18(24(16)2)15-21-19(20-9-5-14-28-4)25-10-7-17(8-11-25)27-13-6-12-26-3;/h17H,5-15H2,1-4H3,(H,20,21);1H. The third-order valence-corrected chi connectivity index (χ3v) is 5.65. The molecular weight excluding hydrogens is 503 g/mol. The molecule has 0 aliphatic carbocycles. The van der Waals surface area contributed by atoms with Crippen molar-refractivity contribution in [1.82, 2.24) is 25.0 Å². The number of nitrogens with one attached hydrogen (secondary N) is 1. The van der Waals surface area contributed by atoms with Gasteiger partial charge in [0.05, 0.1) is 6.10 Å². The second-order valence-electron chi connectivity index (χ2n) is 7.04. The Hall–Kier alpha value is -0.590. The molecule has 1 aromatic rings. The SMILES string of the molecule is COCCCOC1CCN(C(=NCc2nnc(C)n2C)NCCCSC)CC1.I. The number of ether oxygens (including phenoxy) is 2. The molecule has 1 saturated heterocycles. The minimum absolute atomic E-state index is 0. The van der Waals surface area contributed by atoms with Gasteiger partial charge in [-0.2, -0.15) is 11.8 Å². The van der Waals surface area contributed by atoms with Crippen LogP contribution in [0.25, 0.3) is 0 Å². The molecule has 1 aliphatic heterocycles. The normalized spacial score (nSPS) is 15.4. The van der Waals surface area contributed by atoms with E-state index in [0.717, 1.165) is 81.9 Å². The van der Waals surface area contributed by atoms with Crippen molar-refractivity contribution in [2.75, 3.05) is 52.0 Å². The van der Waals surface area contributed by atoms with Crippen LogP contribution in [0.2, 0.25) is 0 Å². The third kappa shape index (κ3) is 9.39. The Kier molecular flexibility index (Phi) is 13.9. The van der Waals surface area contributed by atoms with E-state index >= 15 is 0 Å². The molecule has 0 bridgehead atoms. The van der Waals surface area contributed by atoms with Gasteiger partial charge < -0.3 is 24.3 Å². The highest BCUT2D eigenvalue weighted by Gasteiger charge is 2.22. The van der Waals surface area contributed by atoms with Gasteiger partial charge in [-0.3, -0.25) is 0 Å². The van der Waals surface area contributed by atoms with Crippen molar-refractivity contribution in [1.29, 1.82) is 0 Å². The Morgan fingerprint density at radius 3 is 2.62 bits per heavy atom. The highest BCUT2D eigenvalue weighted by atomic mass is 127. The molecule has 29 heavy (non-hydrogen) atoms. The molecule has 8 nitrogen and oxygen atoms in total. The smallest absolute Gasteiger partial charge is 0.194 e. The average molecular weight is 541 g/mol. The highest BCUT2D eigenvalue weighted by Crippen LogP contribution is 2.14. The highest BCUT2D eigenvalue weighted by molar-refractivity contribution is 14.0. The number of aliphatic imine (C=N–C) groups is 1. The number of guanidine groups is 1. The van der Waals surface area contributed by atoms with Gasteiger partial charge in [-0.25, -0.2) is 4.99 Å². The first kappa shape index (κ1) is 26.4. The van der Waals surface area contributed by atoms with E-state index in [1.165, 1.54) is 0 Å².